The second-order valence-electron chi connectivity index (χ2n) is 3.92. The lowest BCUT2D eigenvalue weighted by Gasteiger charge is -2.32. The molecule has 1 unspecified atom stereocenters. The number of ketones is 1. The van der Waals surface area contributed by atoms with Gasteiger partial charge < -0.3 is 4.90 Å². The third-order valence-corrected chi connectivity index (χ3v) is 3.03. The molecule has 0 aliphatic carbocycles. The highest BCUT2D eigenvalue weighted by Crippen LogP contribution is 2.23. The maximum Gasteiger partial charge on any atom is 0.223 e. The van der Waals surface area contributed by atoms with E-state index in [1.807, 2.05) is 0 Å². The number of fused-ring (bicyclic) bond motifs is 1. The van der Waals surface area contributed by atoms with Gasteiger partial charge in [0.2, 0.25) is 5.91 Å². The van der Waals surface area contributed by atoms with E-state index in [1.165, 1.54) is 0 Å². The van der Waals surface area contributed by atoms with E-state index in [1.54, 1.807) is 4.90 Å². The molecule has 3 heteroatoms. The predicted molar refractivity (Wildman–Crippen MR) is 48.2 cm³/mol. The summed E-state index contributed by atoms with van der Waals surface area (Å²) in [6.45, 7) is 0.801. The Labute approximate surface area is 78.1 Å². The maximum atomic E-state index is 11.5. The van der Waals surface area contributed by atoms with Crippen molar-refractivity contribution in [1.82, 2.24) is 4.90 Å². The fourth-order valence-corrected chi connectivity index (χ4v) is 2.28. The fraction of sp³-hybridized carbons (Fsp3) is 0.800. The molecule has 2 heterocycles. The van der Waals surface area contributed by atoms with Gasteiger partial charge in [0.25, 0.3) is 0 Å². The van der Waals surface area contributed by atoms with Crippen LogP contribution in [0.15, 0.2) is 0 Å². The van der Waals surface area contributed by atoms with Gasteiger partial charge in [0.15, 0.2) is 5.78 Å². The van der Waals surface area contributed by atoms with E-state index in [2.05, 4.69) is 0 Å². The van der Waals surface area contributed by atoms with Crippen LogP contribution in [0.2, 0.25) is 0 Å². The average Bonchev–Trinajstić information content (AvgIpc) is 2.37. The fourth-order valence-electron chi connectivity index (χ4n) is 2.28. The Kier molecular flexibility index (Phi) is 2.34. The molecular formula is C10H15NO2. The lowest BCUT2D eigenvalue weighted by molar-refractivity contribution is -0.144. The van der Waals surface area contributed by atoms with Gasteiger partial charge in [0.05, 0.1) is 6.04 Å². The molecule has 3 nitrogen and oxygen atoms in total. The molecule has 2 fully saturated rings. The highest BCUT2D eigenvalue weighted by molar-refractivity contribution is 5.95. The quantitative estimate of drug-likeness (QED) is 0.561. The standard InChI is InChI=1S/C10H15NO2/c12-9-5-6-10(13)11-7-3-1-2-4-8(9)11/h8H,1-7H2. The highest BCUT2D eigenvalue weighted by atomic mass is 16.2. The smallest absolute Gasteiger partial charge is 0.223 e. The first kappa shape index (κ1) is 8.73. The van der Waals surface area contributed by atoms with Crippen LogP contribution in [-0.4, -0.2) is 29.2 Å². The van der Waals surface area contributed by atoms with Crippen LogP contribution in [0, 0.1) is 0 Å². The van der Waals surface area contributed by atoms with Crippen molar-refractivity contribution in [1.29, 1.82) is 0 Å². The Hall–Kier alpha value is -0.860. The summed E-state index contributed by atoms with van der Waals surface area (Å²) in [5.74, 6) is 0.466. The summed E-state index contributed by atoms with van der Waals surface area (Å²) in [7, 11) is 0. The van der Waals surface area contributed by atoms with Crippen molar-refractivity contribution in [3.63, 3.8) is 0 Å². The second kappa shape index (κ2) is 3.48. The normalized spacial score (nSPS) is 29.8. The van der Waals surface area contributed by atoms with Gasteiger partial charge in [0.1, 0.15) is 0 Å². The molecule has 0 spiro atoms. The van der Waals surface area contributed by atoms with Gasteiger partial charge in [-0.3, -0.25) is 9.59 Å². The number of hydrogen-bond acceptors (Lipinski definition) is 2. The zero-order valence-corrected chi connectivity index (χ0v) is 7.79. The van der Waals surface area contributed by atoms with Crippen LogP contribution < -0.4 is 0 Å². The minimum atomic E-state index is -0.0660. The molecule has 2 aliphatic heterocycles. The number of amides is 1. The van der Waals surface area contributed by atoms with Gasteiger partial charge >= 0.3 is 0 Å². The molecule has 13 heavy (non-hydrogen) atoms. The second-order valence-corrected chi connectivity index (χ2v) is 3.92. The molecule has 1 amide bonds. The van der Waals surface area contributed by atoms with Crippen LogP contribution in [0.4, 0.5) is 0 Å². The first-order valence-electron chi connectivity index (χ1n) is 5.11. The summed E-state index contributed by atoms with van der Waals surface area (Å²) >= 11 is 0. The topological polar surface area (TPSA) is 37.4 Å². The largest absolute Gasteiger partial charge is 0.333 e. The van der Waals surface area contributed by atoms with Crippen molar-refractivity contribution in [2.75, 3.05) is 6.54 Å². The molecule has 72 valence electrons. The van der Waals surface area contributed by atoms with E-state index in [9.17, 15) is 9.59 Å². The van der Waals surface area contributed by atoms with E-state index < -0.39 is 0 Å². The van der Waals surface area contributed by atoms with Gasteiger partial charge in [-0.05, 0) is 12.8 Å². The van der Waals surface area contributed by atoms with Gasteiger partial charge in [0, 0.05) is 19.4 Å². The van der Waals surface area contributed by atoms with Gasteiger partial charge in [-0.25, -0.2) is 0 Å². The third-order valence-electron chi connectivity index (χ3n) is 3.03. The van der Waals surface area contributed by atoms with E-state index in [4.69, 9.17) is 0 Å². The van der Waals surface area contributed by atoms with Crippen molar-refractivity contribution in [2.24, 2.45) is 0 Å². The van der Waals surface area contributed by atoms with Gasteiger partial charge in [-0.1, -0.05) is 12.8 Å². The first-order chi connectivity index (χ1) is 6.29. The van der Waals surface area contributed by atoms with E-state index >= 15 is 0 Å². The Bertz CT molecular complexity index is 213. The number of nitrogens with zero attached hydrogens (tertiary/aromatic N) is 1. The monoisotopic (exact) mass is 181 g/mol. The maximum absolute atomic E-state index is 11.5. The van der Waals surface area contributed by atoms with E-state index in [-0.39, 0.29) is 17.7 Å². The van der Waals surface area contributed by atoms with E-state index in [0.29, 0.717) is 12.8 Å². The summed E-state index contributed by atoms with van der Waals surface area (Å²) < 4.78 is 0. The first-order valence-corrected chi connectivity index (χ1v) is 5.11. The summed E-state index contributed by atoms with van der Waals surface area (Å²) in [4.78, 5) is 24.8. The number of carbonyl (C=O) groups excluding carboxylic acids is 2. The van der Waals surface area contributed by atoms with Crippen molar-refractivity contribution in [3.05, 3.63) is 0 Å². The molecule has 0 aromatic rings. The molecular weight excluding hydrogens is 166 g/mol. The van der Waals surface area contributed by atoms with E-state index in [0.717, 1.165) is 32.2 Å². The Morgan fingerprint density at radius 2 is 1.92 bits per heavy atom. The van der Waals surface area contributed by atoms with Crippen LogP contribution in [0.3, 0.4) is 0 Å². The summed E-state index contributed by atoms with van der Waals surface area (Å²) in [6.07, 6.45) is 5.13. The molecule has 0 aromatic heterocycles. The van der Waals surface area contributed by atoms with Crippen LogP contribution in [-0.2, 0) is 9.59 Å². The zero-order valence-electron chi connectivity index (χ0n) is 7.79. The molecule has 2 aliphatic rings. The average molecular weight is 181 g/mol. The van der Waals surface area contributed by atoms with Gasteiger partial charge in [-0.2, -0.15) is 0 Å². The molecule has 1 atom stereocenters. The lowest BCUT2D eigenvalue weighted by Crippen LogP contribution is -2.48. The van der Waals surface area contributed by atoms with Crippen molar-refractivity contribution >= 4 is 11.7 Å². The molecule has 2 rings (SSSR count). The summed E-state index contributed by atoms with van der Waals surface area (Å²) in [6, 6.07) is -0.0660. The summed E-state index contributed by atoms with van der Waals surface area (Å²) in [5, 5.41) is 0. The minimum absolute atomic E-state index is 0.0660. The van der Waals surface area contributed by atoms with Crippen molar-refractivity contribution in [3.8, 4) is 0 Å². The van der Waals surface area contributed by atoms with Crippen LogP contribution in [0.25, 0.3) is 0 Å². The van der Waals surface area contributed by atoms with Crippen LogP contribution in [0.5, 0.6) is 0 Å². The van der Waals surface area contributed by atoms with Gasteiger partial charge in [-0.15, -0.1) is 0 Å². The van der Waals surface area contributed by atoms with Crippen LogP contribution in [0.1, 0.15) is 38.5 Å². The Morgan fingerprint density at radius 1 is 1.08 bits per heavy atom. The molecule has 0 bridgehead atoms. The van der Waals surface area contributed by atoms with Crippen LogP contribution >= 0.6 is 0 Å². The highest BCUT2D eigenvalue weighted by Gasteiger charge is 2.34. The Balaban J connectivity index is 2.16. The molecule has 0 aromatic carbocycles. The summed E-state index contributed by atoms with van der Waals surface area (Å²) in [5.41, 5.74) is 0. The predicted octanol–water partition coefficient (Wildman–Crippen LogP) is 1.12. The SMILES string of the molecule is O=C1CCC(=O)N2CCCCCC12. The number of Topliss-reactive ketones (excluding diaryl/α,β-unsaturated/α-hetero) is 1. The number of hydrogen-bond donors (Lipinski definition) is 0. The van der Waals surface area contributed by atoms with Crippen molar-refractivity contribution < 1.29 is 9.59 Å². The molecule has 0 N–H and O–H groups in total. The number of piperidine rings is 1. The zero-order chi connectivity index (χ0) is 9.26. The molecule has 0 saturated carbocycles. The minimum Gasteiger partial charge on any atom is -0.333 e. The molecule has 2 saturated heterocycles. The lowest BCUT2D eigenvalue weighted by atomic mass is 9.97. The number of rotatable bonds is 0. The molecule has 0 radical (unpaired) electrons. The number of carbonyl (C=O) groups is 2. The van der Waals surface area contributed by atoms with Crippen molar-refractivity contribution in [2.45, 2.75) is 44.6 Å². The Morgan fingerprint density at radius 3 is 2.77 bits per heavy atom. The third kappa shape index (κ3) is 1.60.